The topological polar surface area (TPSA) is 166 Å². The van der Waals surface area contributed by atoms with Gasteiger partial charge in [-0.15, -0.1) is 12.3 Å². The van der Waals surface area contributed by atoms with Crippen molar-refractivity contribution in [3.63, 3.8) is 0 Å². The van der Waals surface area contributed by atoms with Gasteiger partial charge in [0.1, 0.15) is 46.2 Å². The largest absolute Gasteiger partial charge is 0.472 e. The first-order valence-electron chi connectivity index (χ1n) is 11.2. The van der Waals surface area contributed by atoms with E-state index < -0.39 is 78.3 Å². The van der Waals surface area contributed by atoms with Crippen LogP contribution in [0.5, 0.6) is 0 Å². The van der Waals surface area contributed by atoms with Gasteiger partial charge < -0.3 is 23.8 Å². The minimum Gasteiger partial charge on any atom is -0.379 e. The van der Waals surface area contributed by atoms with E-state index in [0.29, 0.717) is 19.3 Å². The van der Waals surface area contributed by atoms with Gasteiger partial charge in [0.2, 0.25) is 0 Å². The molecule has 0 bridgehead atoms. The van der Waals surface area contributed by atoms with Crippen molar-refractivity contribution < 1.29 is 60.1 Å². The zero-order valence-corrected chi connectivity index (χ0v) is 22.5. The second-order valence-electron chi connectivity index (χ2n) is 8.64. The molecule has 0 spiro atoms. The van der Waals surface area contributed by atoms with E-state index in [-0.39, 0.29) is 13.2 Å². The molecule has 36 heavy (non-hydrogen) atoms. The Morgan fingerprint density at radius 1 is 1.08 bits per heavy atom. The molecule has 18 heteroatoms. The Kier molecular flexibility index (Phi) is 10.5. The Labute approximate surface area is 212 Å². The van der Waals surface area contributed by atoms with Crippen molar-refractivity contribution in [2.24, 2.45) is 5.92 Å². The summed E-state index contributed by atoms with van der Waals surface area (Å²) in [5.41, 5.74) is 0. The highest BCUT2D eigenvalue weighted by Crippen LogP contribution is 2.55. The molecule has 3 fully saturated rings. The molecule has 3 heterocycles. The summed E-state index contributed by atoms with van der Waals surface area (Å²) in [7, 11) is -1.46. The number of terminal acetylenes is 1. The van der Waals surface area contributed by atoms with Gasteiger partial charge in [0.05, 0.1) is 19.8 Å². The molecule has 0 aromatic heterocycles. The van der Waals surface area contributed by atoms with Crippen LogP contribution in [-0.2, 0) is 50.3 Å². The summed E-state index contributed by atoms with van der Waals surface area (Å²) < 4.78 is 80.8. The molecule has 2 N–H and O–H groups in total. The second kappa shape index (κ2) is 12.4. The molecule has 3 aliphatic heterocycles. The first kappa shape index (κ1) is 30.5. The summed E-state index contributed by atoms with van der Waals surface area (Å²) in [4.78, 5) is 20.4. The van der Waals surface area contributed by atoms with Crippen LogP contribution in [-0.4, -0.2) is 94.5 Å². The standard InChI is InChI=1S/C18H29B2O13P3/c1-4-5-6-7-8-26-35(22,23)33-16-15-13(30-18(16)20)10-28-36(24,25)32-14-11(2)17(19)29-12(14)9-27-34(3,21)31-15/h1,11-18H,5-10H2,2-3H3,(H,22,23)(H,24,25)/t11-,12+,13+,14?,15?,16-,17+,18+,34?/m0/s1. The molecule has 3 aliphatic rings. The number of ether oxygens (including phenoxy) is 2. The highest BCUT2D eigenvalue weighted by Gasteiger charge is 2.52. The SMILES string of the molecule is [B][C@@H]1O[C@@H]2COP(C)(=O)OC3[C@@H](COP(=O)(O)OC2[C@@H]1C)O[C@@H]([B])[C@H]3OP(=O)(O)OCCCCC#C. The van der Waals surface area contributed by atoms with Crippen LogP contribution in [0.2, 0.25) is 0 Å². The van der Waals surface area contributed by atoms with Gasteiger partial charge in [-0.2, -0.15) is 0 Å². The van der Waals surface area contributed by atoms with Crippen LogP contribution in [0.4, 0.5) is 0 Å². The number of rotatable bonds is 7. The molecule has 5 unspecified atom stereocenters. The second-order valence-corrected chi connectivity index (χ2v) is 13.5. The predicted octanol–water partition coefficient (Wildman–Crippen LogP) is 1.46. The molecule has 11 atom stereocenters. The lowest BCUT2D eigenvalue weighted by Gasteiger charge is -2.30. The van der Waals surface area contributed by atoms with Crippen molar-refractivity contribution in [1.82, 2.24) is 0 Å². The minimum absolute atomic E-state index is 0.125. The lowest BCUT2D eigenvalue weighted by Crippen LogP contribution is -2.39. The van der Waals surface area contributed by atoms with Crippen LogP contribution in [0, 0.1) is 18.3 Å². The van der Waals surface area contributed by atoms with E-state index in [9.17, 15) is 23.5 Å². The maximum atomic E-state index is 13.1. The number of hydrogen-bond donors (Lipinski definition) is 2. The summed E-state index contributed by atoms with van der Waals surface area (Å²) >= 11 is 0. The molecule has 0 aromatic rings. The summed E-state index contributed by atoms with van der Waals surface area (Å²) in [5.74, 6) is 1.92. The molecule has 3 saturated heterocycles. The molecule has 0 aromatic carbocycles. The molecule has 4 radical (unpaired) electrons. The molecular formula is C18H29B2O13P3. The maximum Gasteiger partial charge on any atom is 0.472 e. The van der Waals surface area contributed by atoms with E-state index in [0.717, 1.165) is 6.66 Å². The van der Waals surface area contributed by atoms with E-state index in [1.807, 2.05) is 0 Å². The lowest BCUT2D eigenvalue weighted by atomic mass is 9.86. The Balaban J connectivity index is 1.76. The number of hydrogen-bond acceptors (Lipinski definition) is 11. The highest BCUT2D eigenvalue weighted by atomic mass is 31.2. The zero-order valence-electron chi connectivity index (χ0n) is 19.8. The molecule has 3 rings (SSSR count). The van der Waals surface area contributed by atoms with E-state index in [4.69, 9.17) is 58.7 Å². The fraction of sp³-hybridized carbons (Fsp3) is 0.889. The third-order valence-electron chi connectivity index (χ3n) is 5.75. The summed E-state index contributed by atoms with van der Waals surface area (Å²) in [6, 6.07) is -2.21. The number of fused-ring (bicyclic) bond motifs is 2. The summed E-state index contributed by atoms with van der Waals surface area (Å²) in [6.45, 7) is 1.67. The van der Waals surface area contributed by atoms with Crippen LogP contribution >= 0.6 is 23.2 Å². The number of unbranched alkanes of at least 4 members (excludes halogenated alkanes) is 2. The number of phosphoric ester groups is 2. The zero-order chi connectivity index (χ0) is 26.7. The van der Waals surface area contributed by atoms with Crippen LogP contribution in [0.15, 0.2) is 0 Å². The fourth-order valence-corrected chi connectivity index (χ4v) is 7.05. The molecule has 0 amide bonds. The van der Waals surface area contributed by atoms with E-state index in [1.54, 1.807) is 6.92 Å². The predicted molar refractivity (Wildman–Crippen MR) is 126 cm³/mol. The van der Waals surface area contributed by atoms with Gasteiger partial charge in [0.25, 0.3) is 0 Å². The molecule has 0 aliphatic carbocycles. The van der Waals surface area contributed by atoms with E-state index in [1.165, 1.54) is 0 Å². The summed E-state index contributed by atoms with van der Waals surface area (Å²) in [6.07, 6.45) is 0.493. The van der Waals surface area contributed by atoms with Crippen LogP contribution in [0.1, 0.15) is 26.2 Å². The normalized spacial score (nSPS) is 45.4. The fourth-order valence-electron chi connectivity index (χ4n) is 3.87. The van der Waals surface area contributed by atoms with Crippen molar-refractivity contribution in [3.8, 4) is 12.3 Å². The molecular weight excluding hydrogens is 539 g/mol. The first-order valence-corrected chi connectivity index (χ1v) is 16.2. The van der Waals surface area contributed by atoms with Gasteiger partial charge in [0, 0.05) is 31.0 Å². The van der Waals surface area contributed by atoms with E-state index >= 15 is 0 Å². The van der Waals surface area contributed by atoms with Crippen molar-refractivity contribution in [2.75, 3.05) is 26.5 Å². The Morgan fingerprint density at radius 2 is 1.72 bits per heavy atom. The van der Waals surface area contributed by atoms with Gasteiger partial charge in [-0.1, -0.05) is 6.92 Å². The van der Waals surface area contributed by atoms with Crippen LogP contribution in [0.25, 0.3) is 0 Å². The lowest BCUT2D eigenvalue weighted by molar-refractivity contribution is -0.0378. The monoisotopic (exact) mass is 568 g/mol. The average molecular weight is 568 g/mol. The first-order chi connectivity index (χ1) is 16.7. The van der Waals surface area contributed by atoms with Crippen molar-refractivity contribution in [1.29, 1.82) is 0 Å². The smallest absolute Gasteiger partial charge is 0.379 e. The van der Waals surface area contributed by atoms with E-state index in [2.05, 4.69) is 5.92 Å². The Morgan fingerprint density at radius 3 is 2.42 bits per heavy atom. The molecule has 0 saturated carbocycles. The van der Waals surface area contributed by atoms with Gasteiger partial charge >= 0.3 is 23.2 Å². The van der Waals surface area contributed by atoms with Crippen LogP contribution in [0.3, 0.4) is 0 Å². The Hall–Kier alpha value is -0.0201. The van der Waals surface area contributed by atoms with Gasteiger partial charge in [-0.05, 0) is 12.8 Å². The Bertz CT molecular complexity index is 948. The highest BCUT2D eigenvalue weighted by molar-refractivity contribution is 7.53. The number of phosphoric acid groups is 2. The van der Waals surface area contributed by atoms with Crippen molar-refractivity contribution in [3.05, 3.63) is 0 Å². The van der Waals surface area contributed by atoms with Crippen molar-refractivity contribution >= 4 is 38.9 Å². The van der Waals surface area contributed by atoms with Gasteiger partial charge in [-0.25, -0.2) is 9.13 Å². The summed E-state index contributed by atoms with van der Waals surface area (Å²) in [5, 5.41) is 0. The molecule has 13 nitrogen and oxygen atoms in total. The third kappa shape index (κ3) is 8.24. The van der Waals surface area contributed by atoms with Crippen LogP contribution < -0.4 is 0 Å². The quantitative estimate of drug-likeness (QED) is 0.197. The maximum absolute atomic E-state index is 13.1. The third-order valence-corrected chi connectivity index (χ3v) is 9.00. The average Bonchev–Trinajstić information content (AvgIpc) is 3.20. The van der Waals surface area contributed by atoms with Crippen molar-refractivity contribution in [2.45, 2.75) is 68.7 Å². The minimum atomic E-state index is -4.68. The van der Waals surface area contributed by atoms with Gasteiger partial charge in [-0.3, -0.25) is 27.2 Å². The van der Waals surface area contributed by atoms with Gasteiger partial charge in [0.15, 0.2) is 0 Å². The molecule has 200 valence electrons.